The van der Waals surface area contributed by atoms with Crippen LogP contribution in [-0.4, -0.2) is 50.9 Å². The number of benzene rings is 1. The fraction of sp³-hybridized carbons (Fsp3) is 0.368. The summed E-state index contributed by atoms with van der Waals surface area (Å²) in [5.41, 5.74) is 0.485. The molecule has 1 fully saturated rings. The highest BCUT2D eigenvalue weighted by atomic mass is 32.2. The van der Waals surface area contributed by atoms with E-state index in [9.17, 15) is 13.2 Å². The van der Waals surface area contributed by atoms with Crippen LogP contribution in [-0.2, 0) is 14.8 Å². The lowest BCUT2D eigenvalue weighted by Gasteiger charge is -2.31. The van der Waals surface area contributed by atoms with E-state index in [1.807, 2.05) is 0 Å². The Bertz CT molecular complexity index is 934. The van der Waals surface area contributed by atoms with Crippen molar-refractivity contribution in [1.82, 2.24) is 9.29 Å². The molecule has 1 aliphatic rings. The summed E-state index contributed by atoms with van der Waals surface area (Å²) in [5, 5.41) is 2.84. The van der Waals surface area contributed by atoms with Gasteiger partial charge in [0, 0.05) is 31.5 Å². The molecule has 9 heteroatoms. The van der Waals surface area contributed by atoms with Gasteiger partial charge in [-0.25, -0.2) is 8.42 Å². The average Bonchev–Trinajstić information content (AvgIpc) is 2.74. The summed E-state index contributed by atoms with van der Waals surface area (Å²) in [4.78, 5) is 16.8. The van der Waals surface area contributed by atoms with E-state index in [1.54, 1.807) is 24.3 Å². The number of anilines is 1. The third-order valence-electron chi connectivity index (χ3n) is 4.69. The van der Waals surface area contributed by atoms with Crippen LogP contribution in [0, 0.1) is 5.92 Å². The van der Waals surface area contributed by atoms with Gasteiger partial charge in [-0.15, -0.1) is 0 Å². The van der Waals surface area contributed by atoms with Crippen LogP contribution in [0.4, 0.5) is 5.69 Å². The minimum atomic E-state index is -3.68. The number of methoxy groups -OCH3 is 2. The number of piperidine rings is 1. The maximum absolute atomic E-state index is 12.8. The Kier molecular flexibility index (Phi) is 6.15. The molecule has 1 aliphatic heterocycles. The Morgan fingerprint density at radius 2 is 2.07 bits per heavy atom. The number of hydrogen-bond acceptors (Lipinski definition) is 6. The van der Waals surface area contributed by atoms with Crippen LogP contribution >= 0.6 is 0 Å². The molecular formula is C19H23N3O5S. The Balaban J connectivity index is 1.75. The lowest BCUT2D eigenvalue weighted by Crippen LogP contribution is -2.43. The largest absolute Gasteiger partial charge is 0.497 e. The molecule has 1 aromatic heterocycles. The lowest BCUT2D eigenvalue weighted by atomic mass is 9.98. The molecule has 2 aromatic rings. The van der Waals surface area contributed by atoms with Crippen molar-refractivity contribution in [2.75, 3.05) is 32.6 Å². The van der Waals surface area contributed by atoms with Gasteiger partial charge < -0.3 is 14.8 Å². The summed E-state index contributed by atoms with van der Waals surface area (Å²) in [6.45, 7) is 0.499. The molecule has 150 valence electrons. The van der Waals surface area contributed by atoms with Crippen LogP contribution in [0.25, 0.3) is 0 Å². The molecule has 3 rings (SSSR count). The smallest absolute Gasteiger partial charge is 0.244 e. The standard InChI is InChI=1S/C19H23N3O5S/c1-26-15-7-8-18(27-2)17(11-15)21-19(23)14-5-4-10-22(13-14)28(24,25)16-6-3-9-20-12-16/h3,6-9,11-12,14H,4-5,10,13H2,1-2H3,(H,21,23). The maximum Gasteiger partial charge on any atom is 0.244 e. The molecule has 1 aromatic carbocycles. The SMILES string of the molecule is COc1ccc(OC)c(NC(=O)C2CCCN(S(=O)(=O)c3cccnc3)C2)c1. The Labute approximate surface area is 164 Å². The first-order valence-corrected chi connectivity index (χ1v) is 10.3. The number of carbonyl (C=O) groups excluding carboxylic acids is 1. The second kappa shape index (κ2) is 8.57. The monoisotopic (exact) mass is 405 g/mol. The number of rotatable bonds is 6. The second-order valence-corrected chi connectivity index (χ2v) is 8.38. The van der Waals surface area contributed by atoms with Gasteiger partial charge in [0.15, 0.2) is 0 Å². The Hall–Kier alpha value is -2.65. The lowest BCUT2D eigenvalue weighted by molar-refractivity contribution is -0.120. The molecule has 0 aliphatic carbocycles. The number of pyridine rings is 1. The molecule has 1 saturated heterocycles. The third kappa shape index (κ3) is 4.26. The summed E-state index contributed by atoms with van der Waals surface area (Å²) in [7, 11) is -0.627. The van der Waals surface area contributed by atoms with E-state index in [0.717, 1.165) is 0 Å². The number of ether oxygens (including phenoxy) is 2. The van der Waals surface area contributed by atoms with Crippen LogP contribution in [0.15, 0.2) is 47.6 Å². The van der Waals surface area contributed by atoms with Crippen molar-refractivity contribution in [3.8, 4) is 11.5 Å². The minimum absolute atomic E-state index is 0.120. The van der Waals surface area contributed by atoms with Gasteiger partial charge in [0.2, 0.25) is 15.9 Å². The number of nitrogens with one attached hydrogen (secondary N) is 1. The van der Waals surface area contributed by atoms with Gasteiger partial charge in [-0.05, 0) is 37.1 Å². The van der Waals surface area contributed by atoms with Gasteiger partial charge in [-0.3, -0.25) is 9.78 Å². The molecule has 28 heavy (non-hydrogen) atoms. The van der Waals surface area contributed by atoms with Crippen LogP contribution in [0.1, 0.15) is 12.8 Å². The number of hydrogen-bond donors (Lipinski definition) is 1. The van der Waals surface area contributed by atoms with Crippen LogP contribution < -0.4 is 14.8 Å². The van der Waals surface area contributed by atoms with E-state index in [-0.39, 0.29) is 17.3 Å². The molecule has 0 saturated carbocycles. The van der Waals surface area contributed by atoms with Crippen molar-refractivity contribution < 1.29 is 22.7 Å². The molecule has 1 N–H and O–H groups in total. The second-order valence-electron chi connectivity index (χ2n) is 6.45. The molecule has 8 nitrogen and oxygen atoms in total. The molecule has 1 unspecified atom stereocenters. The first-order chi connectivity index (χ1) is 13.5. The van der Waals surface area contributed by atoms with Crippen molar-refractivity contribution in [2.24, 2.45) is 5.92 Å². The fourth-order valence-corrected chi connectivity index (χ4v) is 4.66. The van der Waals surface area contributed by atoms with Crippen LogP contribution in [0.5, 0.6) is 11.5 Å². The predicted molar refractivity (Wildman–Crippen MR) is 104 cm³/mol. The van der Waals surface area contributed by atoms with Crippen molar-refractivity contribution in [3.63, 3.8) is 0 Å². The topological polar surface area (TPSA) is 97.8 Å². The summed E-state index contributed by atoms with van der Waals surface area (Å²) in [6.07, 6.45) is 4.05. The van der Waals surface area contributed by atoms with E-state index in [2.05, 4.69) is 10.3 Å². The van der Waals surface area contributed by atoms with Gasteiger partial charge >= 0.3 is 0 Å². The van der Waals surface area contributed by atoms with Crippen molar-refractivity contribution in [3.05, 3.63) is 42.7 Å². The first kappa shape index (κ1) is 20.1. The highest BCUT2D eigenvalue weighted by Crippen LogP contribution is 2.30. The molecule has 1 atom stereocenters. The minimum Gasteiger partial charge on any atom is -0.497 e. The Morgan fingerprint density at radius 3 is 2.75 bits per heavy atom. The molecule has 0 bridgehead atoms. The Morgan fingerprint density at radius 1 is 1.25 bits per heavy atom. The summed E-state index contributed by atoms with van der Waals surface area (Å²) in [5.74, 6) is 0.374. The van der Waals surface area contributed by atoms with E-state index in [4.69, 9.17) is 9.47 Å². The predicted octanol–water partition coefficient (Wildman–Crippen LogP) is 2.14. The summed E-state index contributed by atoms with van der Waals surface area (Å²) in [6, 6.07) is 8.19. The van der Waals surface area contributed by atoms with Gasteiger partial charge in [0.25, 0.3) is 0 Å². The number of carbonyl (C=O) groups is 1. The van der Waals surface area contributed by atoms with E-state index < -0.39 is 15.9 Å². The van der Waals surface area contributed by atoms with Gasteiger partial charge in [0.05, 0.1) is 25.8 Å². The third-order valence-corrected chi connectivity index (χ3v) is 6.54. The van der Waals surface area contributed by atoms with E-state index in [0.29, 0.717) is 36.6 Å². The summed E-state index contributed by atoms with van der Waals surface area (Å²) < 4.78 is 37.5. The van der Waals surface area contributed by atoms with Crippen LogP contribution in [0.2, 0.25) is 0 Å². The molecule has 0 radical (unpaired) electrons. The average molecular weight is 405 g/mol. The quantitative estimate of drug-likeness (QED) is 0.791. The number of aromatic nitrogens is 1. The molecule has 1 amide bonds. The van der Waals surface area contributed by atoms with Crippen molar-refractivity contribution in [2.45, 2.75) is 17.7 Å². The van der Waals surface area contributed by atoms with Crippen molar-refractivity contribution in [1.29, 1.82) is 0 Å². The number of sulfonamides is 1. The fourth-order valence-electron chi connectivity index (χ4n) is 3.17. The van der Waals surface area contributed by atoms with Gasteiger partial charge in [0.1, 0.15) is 16.4 Å². The van der Waals surface area contributed by atoms with E-state index >= 15 is 0 Å². The number of amides is 1. The van der Waals surface area contributed by atoms with Crippen LogP contribution in [0.3, 0.4) is 0 Å². The highest BCUT2D eigenvalue weighted by Gasteiger charge is 2.33. The zero-order valence-electron chi connectivity index (χ0n) is 15.8. The molecule has 2 heterocycles. The number of nitrogens with zero attached hydrogens (tertiary/aromatic N) is 2. The summed E-state index contributed by atoms with van der Waals surface area (Å²) >= 11 is 0. The molecular weight excluding hydrogens is 382 g/mol. The van der Waals surface area contributed by atoms with E-state index in [1.165, 1.54) is 37.0 Å². The first-order valence-electron chi connectivity index (χ1n) is 8.88. The maximum atomic E-state index is 12.8. The normalized spacial score (nSPS) is 17.7. The zero-order valence-corrected chi connectivity index (χ0v) is 16.6. The molecule has 0 spiro atoms. The van der Waals surface area contributed by atoms with Crippen molar-refractivity contribution >= 4 is 21.6 Å². The highest BCUT2D eigenvalue weighted by molar-refractivity contribution is 7.89. The zero-order chi connectivity index (χ0) is 20.1. The van der Waals surface area contributed by atoms with Gasteiger partial charge in [-0.1, -0.05) is 0 Å². The van der Waals surface area contributed by atoms with Gasteiger partial charge in [-0.2, -0.15) is 4.31 Å².